The van der Waals surface area contributed by atoms with Gasteiger partial charge in [-0.05, 0) is 37.3 Å². The maximum Gasteiger partial charge on any atom is 0.0594 e. The number of hydrogen-bond acceptors (Lipinski definition) is 1. The van der Waals surface area contributed by atoms with E-state index in [0.29, 0.717) is 12.0 Å². The standard InChI is InChI=1S/C12H17NS/c1-8(2)11-7-12-10(5-6-14-12)13(11)9(3)4/h5-9H,1-4H3. The van der Waals surface area contributed by atoms with Crippen molar-refractivity contribution in [3.05, 3.63) is 23.2 Å². The number of aromatic nitrogens is 1. The molecule has 0 aliphatic carbocycles. The van der Waals surface area contributed by atoms with E-state index < -0.39 is 0 Å². The summed E-state index contributed by atoms with van der Waals surface area (Å²) in [5.41, 5.74) is 2.86. The average Bonchev–Trinajstić information content (AvgIpc) is 2.58. The summed E-state index contributed by atoms with van der Waals surface area (Å²) in [6, 6.07) is 5.12. The molecule has 0 radical (unpaired) electrons. The Morgan fingerprint density at radius 3 is 2.50 bits per heavy atom. The Hall–Kier alpha value is -0.760. The molecule has 14 heavy (non-hydrogen) atoms. The Morgan fingerprint density at radius 2 is 1.93 bits per heavy atom. The van der Waals surface area contributed by atoms with Gasteiger partial charge in [0.15, 0.2) is 0 Å². The normalized spacial score (nSPS) is 12.1. The van der Waals surface area contributed by atoms with Crippen molar-refractivity contribution in [2.24, 2.45) is 0 Å². The second-order valence-electron chi connectivity index (χ2n) is 4.36. The summed E-state index contributed by atoms with van der Waals surface area (Å²) in [5, 5.41) is 2.17. The highest BCUT2D eigenvalue weighted by atomic mass is 32.1. The molecule has 2 aromatic rings. The first-order valence-electron chi connectivity index (χ1n) is 5.19. The van der Waals surface area contributed by atoms with E-state index in [1.54, 1.807) is 0 Å². The molecule has 2 heterocycles. The van der Waals surface area contributed by atoms with Crippen molar-refractivity contribution in [1.29, 1.82) is 0 Å². The molecule has 0 aliphatic rings. The van der Waals surface area contributed by atoms with Gasteiger partial charge in [-0.25, -0.2) is 0 Å². The van der Waals surface area contributed by atoms with Crippen LogP contribution in [0.3, 0.4) is 0 Å². The first-order chi connectivity index (χ1) is 6.61. The van der Waals surface area contributed by atoms with Crippen LogP contribution in [0.2, 0.25) is 0 Å². The number of fused-ring (bicyclic) bond motifs is 1. The van der Waals surface area contributed by atoms with Gasteiger partial charge in [0, 0.05) is 11.7 Å². The van der Waals surface area contributed by atoms with Gasteiger partial charge in [0.25, 0.3) is 0 Å². The van der Waals surface area contributed by atoms with Crippen LogP contribution >= 0.6 is 11.3 Å². The van der Waals surface area contributed by atoms with Crippen LogP contribution < -0.4 is 0 Å². The van der Waals surface area contributed by atoms with E-state index in [1.165, 1.54) is 15.9 Å². The number of nitrogens with zero attached hydrogens (tertiary/aromatic N) is 1. The fourth-order valence-electron chi connectivity index (χ4n) is 1.99. The lowest BCUT2D eigenvalue weighted by atomic mass is 10.1. The summed E-state index contributed by atoms with van der Waals surface area (Å²) in [4.78, 5) is 0. The highest BCUT2D eigenvalue weighted by Crippen LogP contribution is 2.31. The molecule has 0 saturated carbocycles. The van der Waals surface area contributed by atoms with Crippen molar-refractivity contribution in [1.82, 2.24) is 4.57 Å². The quantitative estimate of drug-likeness (QED) is 0.687. The fourth-order valence-corrected chi connectivity index (χ4v) is 2.80. The largest absolute Gasteiger partial charge is 0.341 e. The van der Waals surface area contributed by atoms with Crippen LogP contribution in [-0.2, 0) is 0 Å². The second-order valence-corrected chi connectivity index (χ2v) is 5.31. The van der Waals surface area contributed by atoms with Crippen molar-refractivity contribution < 1.29 is 0 Å². The molecule has 0 atom stereocenters. The van der Waals surface area contributed by atoms with Crippen molar-refractivity contribution in [2.75, 3.05) is 0 Å². The lowest BCUT2D eigenvalue weighted by Crippen LogP contribution is -2.06. The molecule has 0 aliphatic heterocycles. The van der Waals surface area contributed by atoms with Gasteiger partial charge < -0.3 is 4.57 Å². The molecule has 2 aromatic heterocycles. The van der Waals surface area contributed by atoms with E-state index in [4.69, 9.17) is 0 Å². The first kappa shape index (κ1) is 9.78. The number of thiophene rings is 1. The third kappa shape index (κ3) is 1.38. The summed E-state index contributed by atoms with van der Waals surface area (Å²) in [6.45, 7) is 9.03. The lowest BCUT2D eigenvalue weighted by molar-refractivity contribution is 0.577. The van der Waals surface area contributed by atoms with Crippen LogP contribution in [0.15, 0.2) is 17.5 Å². The Bertz CT molecular complexity index is 434. The molecule has 0 N–H and O–H groups in total. The predicted molar refractivity (Wildman–Crippen MR) is 64.3 cm³/mol. The monoisotopic (exact) mass is 207 g/mol. The molecule has 0 fully saturated rings. The molecule has 0 unspecified atom stereocenters. The highest BCUT2D eigenvalue weighted by molar-refractivity contribution is 7.17. The molecule has 2 heteroatoms. The second kappa shape index (κ2) is 3.43. The molecule has 0 amide bonds. The third-order valence-electron chi connectivity index (χ3n) is 2.60. The van der Waals surface area contributed by atoms with E-state index >= 15 is 0 Å². The molecule has 2 rings (SSSR count). The van der Waals surface area contributed by atoms with E-state index in [9.17, 15) is 0 Å². The van der Waals surface area contributed by atoms with Gasteiger partial charge in [-0.1, -0.05) is 13.8 Å². The average molecular weight is 207 g/mol. The Balaban J connectivity index is 2.69. The van der Waals surface area contributed by atoms with E-state index in [1.807, 2.05) is 11.3 Å². The molecular weight excluding hydrogens is 190 g/mol. The SMILES string of the molecule is CC(C)c1cc2sccc2n1C(C)C. The minimum atomic E-state index is 0.555. The van der Waals surface area contributed by atoms with Crippen LogP contribution in [0.25, 0.3) is 10.2 Å². The maximum absolute atomic E-state index is 2.45. The topological polar surface area (TPSA) is 4.93 Å². The Morgan fingerprint density at radius 1 is 1.21 bits per heavy atom. The molecular formula is C12H17NS. The summed E-state index contributed by atoms with van der Waals surface area (Å²) in [5.74, 6) is 0.608. The van der Waals surface area contributed by atoms with Gasteiger partial charge in [-0.2, -0.15) is 0 Å². The molecule has 0 bridgehead atoms. The van der Waals surface area contributed by atoms with E-state index in [0.717, 1.165) is 0 Å². The van der Waals surface area contributed by atoms with Crippen molar-refractivity contribution >= 4 is 21.6 Å². The molecule has 1 nitrogen and oxygen atoms in total. The van der Waals surface area contributed by atoms with Crippen molar-refractivity contribution in [3.8, 4) is 0 Å². The van der Waals surface area contributed by atoms with Crippen molar-refractivity contribution in [2.45, 2.75) is 39.7 Å². The minimum Gasteiger partial charge on any atom is -0.341 e. The zero-order chi connectivity index (χ0) is 10.3. The Kier molecular flexibility index (Phi) is 2.40. The zero-order valence-electron chi connectivity index (χ0n) is 9.24. The van der Waals surface area contributed by atoms with Crippen LogP contribution in [0, 0.1) is 0 Å². The van der Waals surface area contributed by atoms with Crippen LogP contribution in [0.1, 0.15) is 45.3 Å². The van der Waals surface area contributed by atoms with E-state index in [-0.39, 0.29) is 0 Å². The van der Waals surface area contributed by atoms with Crippen LogP contribution in [0.5, 0.6) is 0 Å². The van der Waals surface area contributed by atoms with Crippen LogP contribution in [0.4, 0.5) is 0 Å². The fraction of sp³-hybridized carbons (Fsp3) is 0.500. The van der Waals surface area contributed by atoms with Crippen LogP contribution in [-0.4, -0.2) is 4.57 Å². The summed E-state index contributed by atoms with van der Waals surface area (Å²) >= 11 is 1.84. The Labute approximate surface area is 89.4 Å². The van der Waals surface area contributed by atoms with Gasteiger partial charge in [-0.15, -0.1) is 11.3 Å². The van der Waals surface area contributed by atoms with E-state index in [2.05, 4.69) is 49.8 Å². The molecule has 0 aromatic carbocycles. The number of rotatable bonds is 2. The molecule has 0 spiro atoms. The number of hydrogen-bond donors (Lipinski definition) is 0. The minimum absolute atomic E-state index is 0.555. The predicted octanol–water partition coefficient (Wildman–Crippen LogP) is 4.41. The molecule has 76 valence electrons. The summed E-state index contributed by atoms with van der Waals surface area (Å²) < 4.78 is 3.87. The highest BCUT2D eigenvalue weighted by Gasteiger charge is 2.14. The van der Waals surface area contributed by atoms with Gasteiger partial charge in [-0.3, -0.25) is 0 Å². The smallest absolute Gasteiger partial charge is 0.0594 e. The van der Waals surface area contributed by atoms with Crippen molar-refractivity contribution in [3.63, 3.8) is 0 Å². The zero-order valence-corrected chi connectivity index (χ0v) is 10.1. The summed E-state index contributed by atoms with van der Waals surface area (Å²) in [7, 11) is 0. The van der Waals surface area contributed by atoms with Gasteiger partial charge >= 0.3 is 0 Å². The summed E-state index contributed by atoms with van der Waals surface area (Å²) in [6.07, 6.45) is 0. The maximum atomic E-state index is 2.45. The molecule has 0 saturated heterocycles. The van der Waals surface area contributed by atoms with Gasteiger partial charge in [0.1, 0.15) is 0 Å². The third-order valence-corrected chi connectivity index (χ3v) is 3.45. The first-order valence-corrected chi connectivity index (χ1v) is 6.07. The lowest BCUT2D eigenvalue weighted by Gasteiger charge is -2.16. The van der Waals surface area contributed by atoms with Gasteiger partial charge in [0.05, 0.1) is 10.2 Å². The van der Waals surface area contributed by atoms with Gasteiger partial charge in [0.2, 0.25) is 0 Å².